The number of rotatable bonds is 8. The van der Waals surface area contributed by atoms with E-state index in [4.69, 9.17) is 21.3 Å². The van der Waals surface area contributed by atoms with Crippen molar-refractivity contribution in [3.05, 3.63) is 77.0 Å². The van der Waals surface area contributed by atoms with E-state index in [2.05, 4.69) is 49.6 Å². The van der Waals surface area contributed by atoms with Crippen LogP contribution in [-0.4, -0.2) is 68.8 Å². The Morgan fingerprint density at radius 2 is 1.93 bits per heavy atom. The van der Waals surface area contributed by atoms with Crippen molar-refractivity contribution in [2.75, 3.05) is 37.5 Å². The van der Waals surface area contributed by atoms with E-state index in [1.165, 1.54) is 0 Å². The summed E-state index contributed by atoms with van der Waals surface area (Å²) in [5, 5.41) is 15.7. The van der Waals surface area contributed by atoms with E-state index in [0.717, 1.165) is 55.2 Å². The molecule has 0 radical (unpaired) electrons. The van der Waals surface area contributed by atoms with Gasteiger partial charge < -0.3 is 25.2 Å². The smallest absolute Gasteiger partial charge is 0.251 e. The van der Waals surface area contributed by atoms with Crippen molar-refractivity contribution in [2.45, 2.75) is 44.8 Å². The van der Waals surface area contributed by atoms with Crippen LogP contribution in [0.2, 0.25) is 5.02 Å². The summed E-state index contributed by atoms with van der Waals surface area (Å²) in [5.74, 6) is 2.43. The van der Waals surface area contributed by atoms with Crippen molar-refractivity contribution < 1.29 is 9.53 Å². The van der Waals surface area contributed by atoms with E-state index < -0.39 is 0 Å². The van der Waals surface area contributed by atoms with Crippen molar-refractivity contribution in [1.29, 1.82) is 0 Å². The second kappa shape index (κ2) is 11.9. The Hall–Kier alpha value is -4.22. The van der Waals surface area contributed by atoms with Crippen LogP contribution in [0.15, 0.2) is 55.0 Å². The molecular formula is C30H34ClN9O2. The third kappa shape index (κ3) is 5.62. The topological polar surface area (TPSA) is 113 Å². The number of nitrogens with one attached hydrogen (secondary N) is 2. The minimum atomic E-state index is -0.104. The number of nitrogens with zero attached hydrogens (tertiary/aromatic N) is 7. The molecule has 12 heteroatoms. The molecule has 0 aliphatic carbocycles. The van der Waals surface area contributed by atoms with Crippen molar-refractivity contribution in [1.82, 2.24) is 34.9 Å². The highest BCUT2D eigenvalue weighted by atomic mass is 35.5. The Morgan fingerprint density at radius 1 is 1.14 bits per heavy atom. The molecule has 2 N–H and O–H groups in total. The van der Waals surface area contributed by atoms with Gasteiger partial charge in [0.25, 0.3) is 5.91 Å². The van der Waals surface area contributed by atoms with Crippen LogP contribution in [0.5, 0.6) is 5.75 Å². The number of anilines is 3. The molecule has 0 spiro atoms. The molecular weight excluding hydrogens is 554 g/mol. The zero-order chi connectivity index (χ0) is 29.2. The first-order chi connectivity index (χ1) is 20.4. The molecule has 2 aliphatic rings. The molecule has 11 nitrogen and oxygen atoms in total. The second-order valence-electron chi connectivity index (χ2n) is 10.7. The SMILES string of the molecule is CC[C@@H]1c2nncn2-c2cnc(Nc3ccc(C(=O)NC4CCN(C)CC4)cc3OC)nc2N1Cc1ccc(Cl)cc1. The van der Waals surface area contributed by atoms with Crippen LogP contribution in [0.4, 0.5) is 17.5 Å². The molecule has 1 saturated heterocycles. The van der Waals surface area contributed by atoms with Gasteiger partial charge in [0, 0.05) is 23.2 Å². The lowest BCUT2D eigenvalue weighted by Crippen LogP contribution is -2.43. The number of carbonyl (C=O) groups is 1. The van der Waals surface area contributed by atoms with Crippen LogP contribution in [-0.2, 0) is 6.54 Å². The summed E-state index contributed by atoms with van der Waals surface area (Å²) < 4.78 is 7.61. The van der Waals surface area contributed by atoms with Gasteiger partial charge in [0.2, 0.25) is 5.95 Å². The Balaban J connectivity index is 1.27. The molecule has 4 aromatic rings. The summed E-state index contributed by atoms with van der Waals surface area (Å²) in [6.07, 6.45) is 6.17. The summed E-state index contributed by atoms with van der Waals surface area (Å²) in [5.41, 5.74) is 3.10. The predicted octanol–water partition coefficient (Wildman–Crippen LogP) is 4.76. The molecule has 2 aromatic heterocycles. The number of ether oxygens (including phenoxy) is 1. The lowest BCUT2D eigenvalue weighted by molar-refractivity contribution is 0.0916. The minimum absolute atomic E-state index is 0.0321. The fraction of sp³-hybridized carbons (Fsp3) is 0.367. The Labute approximate surface area is 249 Å². The van der Waals surface area contributed by atoms with Gasteiger partial charge in [-0.2, -0.15) is 4.98 Å². The first-order valence-electron chi connectivity index (χ1n) is 14.2. The first kappa shape index (κ1) is 27.9. The summed E-state index contributed by atoms with van der Waals surface area (Å²) in [6.45, 7) is 4.69. The lowest BCUT2D eigenvalue weighted by atomic mass is 10.0. The Bertz CT molecular complexity index is 1570. The third-order valence-electron chi connectivity index (χ3n) is 7.95. The predicted molar refractivity (Wildman–Crippen MR) is 162 cm³/mol. The van der Waals surface area contributed by atoms with E-state index in [9.17, 15) is 4.79 Å². The summed E-state index contributed by atoms with van der Waals surface area (Å²) in [6, 6.07) is 13.3. The molecule has 2 aliphatic heterocycles. The van der Waals surface area contributed by atoms with Crippen LogP contribution < -0.4 is 20.3 Å². The van der Waals surface area contributed by atoms with Crippen molar-refractivity contribution in [2.24, 2.45) is 0 Å². The van der Waals surface area contributed by atoms with Crippen molar-refractivity contribution in [3.8, 4) is 11.4 Å². The molecule has 0 bridgehead atoms. The monoisotopic (exact) mass is 587 g/mol. The maximum Gasteiger partial charge on any atom is 0.251 e. The average molecular weight is 588 g/mol. The minimum Gasteiger partial charge on any atom is -0.495 e. The van der Waals surface area contributed by atoms with Gasteiger partial charge >= 0.3 is 0 Å². The summed E-state index contributed by atoms with van der Waals surface area (Å²) >= 11 is 6.14. The molecule has 4 heterocycles. The molecule has 1 amide bonds. The number of hydrogen-bond acceptors (Lipinski definition) is 9. The van der Waals surface area contributed by atoms with E-state index in [1.807, 2.05) is 34.9 Å². The van der Waals surface area contributed by atoms with E-state index in [0.29, 0.717) is 34.5 Å². The number of methoxy groups -OCH3 is 1. The summed E-state index contributed by atoms with van der Waals surface area (Å²) in [7, 11) is 3.69. The highest BCUT2D eigenvalue weighted by Gasteiger charge is 2.34. The zero-order valence-electron chi connectivity index (χ0n) is 23.9. The number of halogens is 1. The quantitative estimate of drug-likeness (QED) is 0.301. The van der Waals surface area contributed by atoms with E-state index in [1.54, 1.807) is 31.8 Å². The van der Waals surface area contributed by atoms with Gasteiger partial charge in [-0.1, -0.05) is 30.7 Å². The number of benzene rings is 2. The van der Waals surface area contributed by atoms with Crippen LogP contribution in [0.3, 0.4) is 0 Å². The zero-order valence-corrected chi connectivity index (χ0v) is 24.7. The number of piperidine rings is 1. The van der Waals surface area contributed by atoms with E-state index in [-0.39, 0.29) is 18.0 Å². The molecule has 1 fully saturated rings. The second-order valence-corrected chi connectivity index (χ2v) is 11.2. The number of hydrogen-bond donors (Lipinski definition) is 2. The summed E-state index contributed by atoms with van der Waals surface area (Å²) in [4.78, 5) is 27.1. The number of amides is 1. The van der Waals surface area contributed by atoms with Crippen LogP contribution in [0.25, 0.3) is 5.69 Å². The van der Waals surface area contributed by atoms with Gasteiger partial charge in [0.05, 0.1) is 25.0 Å². The molecule has 42 heavy (non-hydrogen) atoms. The fourth-order valence-corrected chi connectivity index (χ4v) is 5.73. The van der Waals surface area contributed by atoms with Crippen LogP contribution >= 0.6 is 11.6 Å². The van der Waals surface area contributed by atoms with Crippen molar-refractivity contribution in [3.63, 3.8) is 0 Å². The third-order valence-corrected chi connectivity index (χ3v) is 8.20. The van der Waals surface area contributed by atoms with Crippen molar-refractivity contribution >= 4 is 35.0 Å². The Kier molecular flexibility index (Phi) is 7.94. The number of aromatic nitrogens is 5. The number of likely N-dealkylation sites (tertiary alicyclic amines) is 1. The van der Waals surface area contributed by atoms with Gasteiger partial charge in [-0.05, 0) is 75.3 Å². The molecule has 218 valence electrons. The average Bonchev–Trinajstić information content (AvgIpc) is 3.49. The number of carbonyl (C=O) groups excluding carboxylic acids is 1. The number of fused-ring (bicyclic) bond motifs is 3. The van der Waals surface area contributed by atoms with E-state index >= 15 is 0 Å². The van der Waals surface area contributed by atoms with Gasteiger partial charge in [-0.25, -0.2) is 4.98 Å². The van der Waals surface area contributed by atoms with Gasteiger partial charge in [0.15, 0.2) is 11.6 Å². The Morgan fingerprint density at radius 3 is 2.67 bits per heavy atom. The lowest BCUT2D eigenvalue weighted by Gasteiger charge is -2.37. The normalized spacial score (nSPS) is 17.0. The largest absolute Gasteiger partial charge is 0.495 e. The maximum atomic E-state index is 13.0. The molecule has 6 rings (SSSR count). The fourth-order valence-electron chi connectivity index (χ4n) is 5.60. The van der Waals surface area contributed by atoms with Gasteiger partial charge in [-0.3, -0.25) is 9.36 Å². The van der Waals surface area contributed by atoms with Crippen LogP contribution in [0, 0.1) is 0 Å². The van der Waals surface area contributed by atoms with Crippen LogP contribution in [0.1, 0.15) is 54.0 Å². The maximum absolute atomic E-state index is 13.0. The standard InChI is InChI=1S/C30H34ClN9O2/c1-4-24-28-37-33-18-40(28)25-16-32-30(36-27(25)39(24)17-19-5-8-21(31)9-6-19)35-23-10-7-20(15-26(23)42-3)29(41)34-22-11-13-38(2)14-12-22/h5-10,15-16,18,22,24H,4,11-14,17H2,1-3H3,(H,34,41)(H,32,35,36)/t24-/m1/s1. The molecule has 0 saturated carbocycles. The molecule has 1 atom stereocenters. The molecule has 0 unspecified atom stereocenters. The van der Waals surface area contributed by atoms with Gasteiger partial charge in [0.1, 0.15) is 17.8 Å². The highest BCUT2D eigenvalue weighted by Crippen LogP contribution is 2.39. The first-order valence-corrected chi connectivity index (χ1v) is 14.5. The van der Waals surface area contributed by atoms with Gasteiger partial charge in [-0.15, -0.1) is 10.2 Å². The molecule has 2 aromatic carbocycles. The highest BCUT2D eigenvalue weighted by molar-refractivity contribution is 6.30.